The Morgan fingerprint density at radius 2 is 1.72 bits per heavy atom. The number of aliphatic hydroxyl groups is 2. The number of rotatable bonds is 23. The molecule has 0 amide bonds. The van der Waals surface area contributed by atoms with Crippen LogP contribution in [0.2, 0.25) is 0 Å². The maximum atomic E-state index is 12.4. The molecule has 1 aromatic carbocycles. The van der Waals surface area contributed by atoms with Gasteiger partial charge in [0.05, 0.1) is 19.3 Å². The summed E-state index contributed by atoms with van der Waals surface area (Å²) in [7, 11) is 1.42. The van der Waals surface area contributed by atoms with Gasteiger partial charge in [0.2, 0.25) is 0 Å². The standard InChI is InChI=1S/C34H49NO11/c1-3-4-5-6-9-12-26(36)17-18-28-27(29(37)24-30(28)38)13-10-7-8-11-14-34(40)46-31-19-15-25(23-32(31)43-2)16-20-33(39)44-21-22-45-35(41)42/h7,10,15-16,19-20,23,27-30,37-38H,3-6,8-9,11-14,17-18,21-22,24H2,1-2H3/b10-7-,20-16+/t27-,28-,29+,30-/m1/s1. The number of Topliss-reactive ketones (excluding diaryl/α,β-unsaturated/α-hetero) is 1. The Balaban J connectivity index is 1.73. The molecule has 0 spiro atoms. The molecule has 0 heterocycles. The van der Waals surface area contributed by atoms with Crippen LogP contribution in [0.25, 0.3) is 6.08 Å². The Labute approximate surface area is 270 Å². The molecule has 0 bridgehead atoms. The Bertz CT molecular complexity index is 1170. The minimum absolute atomic E-state index is 0.0973. The molecule has 4 atom stereocenters. The second-order valence-electron chi connectivity index (χ2n) is 11.5. The highest BCUT2D eigenvalue weighted by Gasteiger charge is 2.40. The van der Waals surface area contributed by atoms with Crippen molar-refractivity contribution in [2.45, 2.75) is 103 Å². The predicted molar refractivity (Wildman–Crippen MR) is 170 cm³/mol. The number of nitrogens with zero attached hydrogens (tertiary/aromatic N) is 1. The topological polar surface area (TPSA) is 172 Å². The average Bonchev–Trinajstić information content (AvgIpc) is 3.30. The van der Waals surface area contributed by atoms with Crippen LogP contribution in [0, 0.1) is 22.0 Å². The molecule has 1 saturated carbocycles. The highest BCUT2D eigenvalue weighted by atomic mass is 17.0. The van der Waals surface area contributed by atoms with Gasteiger partial charge in [-0.25, -0.2) is 4.79 Å². The fourth-order valence-corrected chi connectivity index (χ4v) is 5.53. The van der Waals surface area contributed by atoms with Crippen LogP contribution in [0.15, 0.2) is 36.4 Å². The number of methoxy groups -OCH3 is 1. The van der Waals surface area contributed by atoms with Gasteiger partial charge < -0.3 is 29.3 Å². The molecular formula is C34H49NO11. The molecule has 46 heavy (non-hydrogen) atoms. The van der Waals surface area contributed by atoms with E-state index in [1.165, 1.54) is 26.0 Å². The molecule has 2 rings (SSSR count). The van der Waals surface area contributed by atoms with E-state index in [-0.39, 0.29) is 43.0 Å². The average molecular weight is 648 g/mol. The lowest BCUT2D eigenvalue weighted by Gasteiger charge is -2.22. The van der Waals surface area contributed by atoms with E-state index in [0.29, 0.717) is 56.3 Å². The number of hydrogen-bond acceptors (Lipinski definition) is 11. The zero-order valence-electron chi connectivity index (χ0n) is 27.0. The SMILES string of the molecule is CCCCCCCC(=O)CC[C@@H]1[C@@H](C/C=C\CCCC(=O)Oc2ccc(/C=C/C(=O)OCCO[N+](=O)[O-])cc2OC)[C@@H](O)C[C@H]1O. The van der Waals surface area contributed by atoms with Crippen molar-refractivity contribution < 1.29 is 48.7 Å². The summed E-state index contributed by atoms with van der Waals surface area (Å²) in [5.41, 5.74) is 0.576. The first-order valence-corrected chi connectivity index (χ1v) is 16.2. The zero-order valence-corrected chi connectivity index (χ0v) is 27.0. The van der Waals surface area contributed by atoms with Crippen molar-refractivity contribution in [3.05, 3.63) is 52.1 Å². The highest BCUT2D eigenvalue weighted by Crippen LogP contribution is 2.38. The van der Waals surface area contributed by atoms with Crippen molar-refractivity contribution in [3.63, 3.8) is 0 Å². The molecule has 0 saturated heterocycles. The van der Waals surface area contributed by atoms with Gasteiger partial charge in [-0.1, -0.05) is 50.8 Å². The Morgan fingerprint density at radius 1 is 0.957 bits per heavy atom. The third-order valence-electron chi connectivity index (χ3n) is 8.01. The molecule has 0 unspecified atom stereocenters. The lowest BCUT2D eigenvalue weighted by molar-refractivity contribution is -0.757. The quantitative estimate of drug-likeness (QED) is 0.0290. The van der Waals surface area contributed by atoms with Crippen LogP contribution in [0.3, 0.4) is 0 Å². The number of ketones is 1. The lowest BCUT2D eigenvalue weighted by Crippen LogP contribution is -2.22. The fourth-order valence-electron chi connectivity index (χ4n) is 5.53. The monoisotopic (exact) mass is 647 g/mol. The summed E-state index contributed by atoms with van der Waals surface area (Å²) >= 11 is 0. The maximum Gasteiger partial charge on any atom is 0.330 e. The molecule has 1 aliphatic carbocycles. The smallest absolute Gasteiger partial charge is 0.330 e. The van der Waals surface area contributed by atoms with E-state index in [9.17, 15) is 34.7 Å². The predicted octanol–water partition coefficient (Wildman–Crippen LogP) is 5.55. The van der Waals surface area contributed by atoms with Crippen LogP contribution >= 0.6 is 0 Å². The van der Waals surface area contributed by atoms with Gasteiger partial charge in [-0.15, -0.1) is 10.1 Å². The number of esters is 2. The van der Waals surface area contributed by atoms with Gasteiger partial charge in [0.25, 0.3) is 5.09 Å². The minimum Gasteiger partial charge on any atom is -0.493 e. The molecule has 2 N–H and O–H groups in total. The van der Waals surface area contributed by atoms with Crippen LogP contribution in [-0.2, 0) is 24.0 Å². The summed E-state index contributed by atoms with van der Waals surface area (Å²) in [4.78, 5) is 50.7. The van der Waals surface area contributed by atoms with Crippen LogP contribution in [0.1, 0.15) is 96.0 Å². The van der Waals surface area contributed by atoms with Crippen molar-refractivity contribution in [2.24, 2.45) is 11.8 Å². The van der Waals surface area contributed by atoms with Gasteiger partial charge >= 0.3 is 11.9 Å². The van der Waals surface area contributed by atoms with Crippen molar-refractivity contribution >= 4 is 23.8 Å². The normalized spacial score (nSPS) is 19.4. The Morgan fingerprint density at radius 3 is 2.46 bits per heavy atom. The van der Waals surface area contributed by atoms with Gasteiger partial charge in [0.1, 0.15) is 19.0 Å². The van der Waals surface area contributed by atoms with E-state index in [0.717, 1.165) is 25.3 Å². The number of benzene rings is 1. The molecule has 1 aliphatic rings. The van der Waals surface area contributed by atoms with Crippen LogP contribution in [0.4, 0.5) is 0 Å². The van der Waals surface area contributed by atoms with Crippen molar-refractivity contribution in [1.29, 1.82) is 0 Å². The summed E-state index contributed by atoms with van der Waals surface area (Å²) in [5, 5.41) is 30.1. The van der Waals surface area contributed by atoms with E-state index in [1.54, 1.807) is 18.2 Å². The second-order valence-corrected chi connectivity index (χ2v) is 11.5. The van der Waals surface area contributed by atoms with Crippen molar-refractivity contribution in [3.8, 4) is 11.5 Å². The van der Waals surface area contributed by atoms with Crippen molar-refractivity contribution in [2.75, 3.05) is 20.3 Å². The summed E-state index contributed by atoms with van der Waals surface area (Å²) in [6.45, 7) is 1.53. The number of unbranched alkanes of at least 4 members (excludes halogenated alkanes) is 5. The van der Waals surface area contributed by atoms with E-state index >= 15 is 0 Å². The summed E-state index contributed by atoms with van der Waals surface area (Å²) in [6, 6.07) is 4.75. The summed E-state index contributed by atoms with van der Waals surface area (Å²) < 4.78 is 15.6. The van der Waals surface area contributed by atoms with E-state index < -0.39 is 29.2 Å². The first-order valence-electron chi connectivity index (χ1n) is 16.2. The van der Waals surface area contributed by atoms with Gasteiger partial charge in [0.15, 0.2) is 11.5 Å². The molecule has 1 aromatic rings. The fraction of sp³-hybridized carbons (Fsp3) is 0.618. The largest absolute Gasteiger partial charge is 0.493 e. The van der Waals surface area contributed by atoms with Crippen LogP contribution < -0.4 is 9.47 Å². The molecule has 256 valence electrons. The molecule has 12 nitrogen and oxygen atoms in total. The lowest BCUT2D eigenvalue weighted by atomic mass is 9.86. The number of hydrogen-bond donors (Lipinski definition) is 2. The third-order valence-corrected chi connectivity index (χ3v) is 8.01. The Kier molecular flexibility index (Phi) is 18.3. The Hall–Kier alpha value is -3.77. The van der Waals surface area contributed by atoms with Crippen LogP contribution in [-0.4, -0.2) is 65.6 Å². The van der Waals surface area contributed by atoms with Gasteiger partial charge in [-0.2, -0.15) is 0 Å². The second kappa shape index (κ2) is 21.9. The summed E-state index contributed by atoms with van der Waals surface area (Å²) in [5.74, 6) is -0.580. The van der Waals surface area contributed by atoms with E-state index in [4.69, 9.17) is 14.2 Å². The van der Waals surface area contributed by atoms with Gasteiger partial charge in [0, 0.05) is 25.3 Å². The number of allylic oxidation sites excluding steroid dienone is 2. The van der Waals surface area contributed by atoms with E-state index in [1.807, 2.05) is 12.2 Å². The summed E-state index contributed by atoms with van der Waals surface area (Å²) in [6.07, 6.45) is 14.8. The molecule has 1 fully saturated rings. The molecular weight excluding hydrogens is 598 g/mol. The molecule has 0 aromatic heterocycles. The van der Waals surface area contributed by atoms with Gasteiger partial charge in [-0.05, 0) is 74.1 Å². The molecule has 12 heteroatoms. The zero-order chi connectivity index (χ0) is 33.7. The highest BCUT2D eigenvalue weighted by molar-refractivity contribution is 5.87. The van der Waals surface area contributed by atoms with Crippen molar-refractivity contribution in [1.82, 2.24) is 0 Å². The third kappa shape index (κ3) is 15.0. The molecule has 0 aliphatic heterocycles. The number of ether oxygens (including phenoxy) is 3. The van der Waals surface area contributed by atoms with Crippen LogP contribution in [0.5, 0.6) is 11.5 Å². The van der Waals surface area contributed by atoms with Gasteiger partial charge in [-0.3, -0.25) is 9.59 Å². The number of carbonyl (C=O) groups excluding carboxylic acids is 3. The number of aliphatic hydroxyl groups excluding tert-OH is 2. The first kappa shape index (κ1) is 38.4. The molecule has 0 radical (unpaired) electrons. The first-order chi connectivity index (χ1) is 22.1. The maximum absolute atomic E-state index is 12.4. The van der Waals surface area contributed by atoms with E-state index in [2.05, 4.69) is 11.8 Å². The minimum atomic E-state index is -0.974. The number of carbonyl (C=O) groups is 3.